The van der Waals surface area contributed by atoms with E-state index in [9.17, 15) is 9.59 Å². The van der Waals surface area contributed by atoms with Crippen molar-refractivity contribution in [1.82, 2.24) is 15.2 Å². The lowest BCUT2D eigenvalue weighted by molar-refractivity contribution is -0.116. The second-order valence-electron chi connectivity index (χ2n) is 5.91. The number of carbonyl (C=O) groups is 2. The zero-order valence-corrected chi connectivity index (χ0v) is 14.6. The lowest BCUT2D eigenvalue weighted by Crippen LogP contribution is -2.22. The Hall–Kier alpha value is -2.95. The number of aromatic nitrogens is 1. The minimum atomic E-state index is -0.125. The smallest absolute Gasteiger partial charge is 0.253 e. The Morgan fingerprint density at radius 1 is 1.16 bits per heavy atom. The fourth-order valence-corrected chi connectivity index (χ4v) is 2.28. The number of carbonyl (C=O) groups excluding carboxylic acids is 2. The SMILES string of the molecule is CN(C)C(=O)c1ccc(/C=C/C(=O)NCCCc2cccnc2)cc1. The van der Waals surface area contributed by atoms with Gasteiger partial charge in [0, 0.05) is 44.7 Å². The Kier molecular flexibility index (Phi) is 6.89. The molecule has 0 saturated heterocycles. The van der Waals surface area contributed by atoms with Crippen LogP contribution in [0.1, 0.15) is 27.9 Å². The van der Waals surface area contributed by atoms with Gasteiger partial charge in [0.2, 0.25) is 5.91 Å². The van der Waals surface area contributed by atoms with Gasteiger partial charge in [-0.25, -0.2) is 0 Å². The Morgan fingerprint density at radius 2 is 1.92 bits per heavy atom. The van der Waals surface area contributed by atoms with Crippen LogP contribution < -0.4 is 5.32 Å². The van der Waals surface area contributed by atoms with E-state index >= 15 is 0 Å². The molecule has 25 heavy (non-hydrogen) atoms. The number of aryl methyl sites for hydroxylation is 1. The molecule has 1 aromatic heterocycles. The summed E-state index contributed by atoms with van der Waals surface area (Å²) in [5, 5.41) is 2.86. The highest BCUT2D eigenvalue weighted by atomic mass is 16.2. The molecule has 0 aliphatic heterocycles. The van der Waals surface area contributed by atoms with Gasteiger partial charge in [-0.15, -0.1) is 0 Å². The topological polar surface area (TPSA) is 62.3 Å². The fourth-order valence-electron chi connectivity index (χ4n) is 2.28. The normalized spacial score (nSPS) is 10.6. The van der Waals surface area contributed by atoms with E-state index in [1.807, 2.05) is 30.5 Å². The maximum atomic E-state index is 11.8. The average molecular weight is 337 g/mol. The molecule has 2 amide bonds. The van der Waals surface area contributed by atoms with Crippen molar-refractivity contribution in [3.05, 3.63) is 71.6 Å². The first-order valence-corrected chi connectivity index (χ1v) is 8.23. The van der Waals surface area contributed by atoms with Crippen molar-refractivity contribution in [2.24, 2.45) is 0 Å². The molecule has 1 aromatic carbocycles. The summed E-state index contributed by atoms with van der Waals surface area (Å²) in [7, 11) is 3.43. The molecule has 1 heterocycles. The quantitative estimate of drug-likeness (QED) is 0.624. The van der Waals surface area contributed by atoms with E-state index in [4.69, 9.17) is 0 Å². The van der Waals surface area contributed by atoms with Crippen LogP contribution in [0.5, 0.6) is 0 Å². The summed E-state index contributed by atoms with van der Waals surface area (Å²) in [6, 6.07) is 11.1. The first kappa shape index (κ1) is 18.4. The molecule has 130 valence electrons. The van der Waals surface area contributed by atoms with E-state index in [-0.39, 0.29) is 11.8 Å². The molecule has 0 saturated carbocycles. The maximum Gasteiger partial charge on any atom is 0.253 e. The highest BCUT2D eigenvalue weighted by Gasteiger charge is 2.06. The van der Waals surface area contributed by atoms with E-state index in [1.54, 1.807) is 38.5 Å². The summed E-state index contributed by atoms with van der Waals surface area (Å²) in [6.07, 6.45) is 8.59. The molecule has 0 spiro atoms. The van der Waals surface area contributed by atoms with Gasteiger partial charge in [-0.1, -0.05) is 18.2 Å². The van der Waals surface area contributed by atoms with Gasteiger partial charge >= 0.3 is 0 Å². The summed E-state index contributed by atoms with van der Waals surface area (Å²) in [4.78, 5) is 29.2. The van der Waals surface area contributed by atoms with Gasteiger partial charge in [-0.05, 0) is 48.2 Å². The predicted octanol–water partition coefficient (Wildman–Crippen LogP) is 2.55. The van der Waals surface area contributed by atoms with Crippen LogP contribution >= 0.6 is 0 Å². The molecule has 2 aromatic rings. The Balaban J connectivity index is 1.75. The van der Waals surface area contributed by atoms with Crippen LogP contribution in [0.2, 0.25) is 0 Å². The van der Waals surface area contributed by atoms with Crippen molar-refractivity contribution in [2.45, 2.75) is 12.8 Å². The minimum Gasteiger partial charge on any atom is -0.353 e. The molecule has 0 aliphatic carbocycles. The molecular weight excluding hydrogens is 314 g/mol. The number of hydrogen-bond donors (Lipinski definition) is 1. The van der Waals surface area contributed by atoms with Crippen LogP contribution in [0.4, 0.5) is 0 Å². The molecule has 0 bridgehead atoms. The van der Waals surface area contributed by atoms with Gasteiger partial charge in [-0.2, -0.15) is 0 Å². The van der Waals surface area contributed by atoms with Crippen LogP contribution in [0.3, 0.4) is 0 Å². The Morgan fingerprint density at radius 3 is 2.56 bits per heavy atom. The Labute approximate surface area is 148 Å². The van der Waals surface area contributed by atoms with Crippen molar-refractivity contribution >= 4 is 17.9 Å². The molecule has 0 atom stereocenters. The van der Waals surface area contributed by atoms with Gasteiger partial charge in [0.1, 0.15) is 0 Å². The lowest BCUT2D eigenvalue weighted by atomic mass is 10.1. The number of benzene rings is 1. The summed E-state index contributed by atoms with van der Waals surface area (Å²) in [5.41, 5.74) is 2.67. The van der Waals surface area contributed by atoms with Crippen molar-refractivity contribution in [2.75, 3.05) is 20.6 Å². The molecule has 0 fully saturated rings. The van der Waals surface area contributed by atoms with E-state index in [2.05, 4.69) is 10.3 Å². The monoisotopic (exact) mass is 337 g/mol. The zero-order valence-electron chi connectivity index (χ0n) is 14.6. The maximum absolute atomic E-state index is 11.8. The minimum absolute atomic E-state index is 0.0399. The summed E-state index contributed by atoms with van der Waals surface area (Å²) < 4.78 is 0. The molecule has 2 rings (SSSR count). The second kappa shape index (κ2) is 9.37. The molecule has 1 N–H and O–H groups in total. The first-order chi connectivity index (χ1) is 12.1. The van der Waals surface area contributed by atoms with Crippen LogP contribution in [-0.2, 0) is 11.2 Å². The molecule has 5 heteroatoms. The number of nitrogens with one attached hydrogen (secondary N) is 1. The molecule has 0 unspecified atom stereocenters. The first-order valence-electron chi connectivity index (χ1n) is 8.23. The zero-order chi connectivity index (χ0) is 18.1. The number of rotatable bonds is 7. The predicted molar refractivity (Wildman–Crippen MR) is 99.1 cm³/mol. The van der Waals surface area contributed by atoms with Crippen molar-refractivity contribution < 1.29 is 9.59 Å². The van der Waals surface area contributed by atoms with Crippen LogP contribution in [0, 0.1) is 0 Å². The second-order valence-corrected chi connectivity index (χ2v) is 5.91. The van der Waals surface area contributed by atoms with E-state index in [1.165, 1.54) is 16.5 Å². The molecule has 5 nitrogen and oxygen atoms in total. The highest BCUT2D eigenvalue weighted by molar-refractivity contribution is 5.94. The van der Waals surface area contributed by atoms with Gasteiger partial charge in [0.25, 0.3) is 5.91 Å². The van der Waals surface area contributed by atoms with Gasteiger partial charge < -0.3 is 10.2 Å². The third-order valence-corrected chi connectivity index (χ3v) is 3.66. The van der Waals surface area contributed by atoms with E-state index in [0.29, 0.717) is 12.1 Å². The fraction of sp³-hybridized carbons (Fsp3) is 0.250. The van der Waals surface area contributed by atoms with Crippen molar-refractivity contribution in [3.63, 3.8) is 0 Å². The van der Waals surface area contributed by atoms with E-state index in [0.717, 1.165) is 18.4 Å². The molecule has 0 aliphatic rings. The molecular formula is C20H23N3O2. The van der Waals surface area contributed by atoms with Gasteiger partial charge in [-0.3, -0.25) is 14.6 Å². The summed E-state index contributed by atoms with van der Waals surface area (Å²) in [5.74, 6) is -0.165. The van der Waals surface area contributed by atoms with Crippen LogP contribution in [0.25, 0.3) is 6.08 Å². The van der Waals surface area contributed by atoms with Gasteiger partial charge in [0.15, 0.2) is 0 Å². The summed E-state index contributed by atoms with van der Waals surface area (Å²) >= 11 is 0. The third-order valence-electron chi connectivity index (χ3n) is 3.66. The van der Waals surface area contributed by atoms with Crippen LogP contribution in [-0.4, -0.2) is 42.3 Å². The van der Waals surface area contributed by atoms with Crippen molar-refractivity contribution in [1.29, 1.82) is 0 Å². The van der Waals surface area contributed by atoms with Crippen molar-refractivity contribution in [3.8, 4) is 0 Å². The molecule has 0 radical (unpaired) electrons. The average Bonchev–Trinajstić information content (AvgIpc) is 2.64. The number of amides is 2. The number of pyridine rings is 1. The summed E-state index contributed by atoms with van der Waals surface area (Å²) in [6.45, 7) is 0.619. The van der Waals surface area contributed by atoms with Gasteiger partial charge in [0.05, 0.1) is 0 Å². The lowest BCUT2D eigenvalue weighted by Gasteiger charge is -2.09. The van der Waals surface area contributed by atoms with Crippen LogP contribution in [0.15, 0.2) is 54.9 Å². The van der Waals surface area contributed by atoms with E-state index < -0.39 is 0 Å². The number of nitrogens with zero attached hydrogens (tertiary/aromatic N) is 2. The standard InChI is InChI=1S/C20H23N3O2/c1-23(2)20(25)18-10-7-16(8-11-18)9-12-19(24)22-14-4-6-17-5-3-13-21-15-17/h3,5,7-13,15H,4,6,14H2,1-2H3,(H,22,24)/b12-9+. The highest BCUT2D eigenvalue weighted by Crippen LogP contribution is 2.08. The number of hydrogen-bond acceptors (Lipinski definition) is 3. The largest absolute Gasteiger partial charge is 0.353 e. The Bertz CT molecular complexity index is 722. The third kappa shape index (κ3) is 6.22.